The molecule has 1 aromatic rings. The Morgan fingerprint density at radius 2 is 2.08 bits per heavy atom. The van der Waals surface area contributed by atoms with E-state index in [1.54, 1.807) is 0 Å². The Labute approximate surface area is 144 Å². The average molecular weight is 325 g/mol. The fourth-order valence-electron chi connectivity index (χ4n) is 3.97. The molecule has 2 aliphatic rings. The summed E-state index contributed by atoms with van der Waals surface area (Å²) in [5.41, 5.74) is 1.92. The molecular weight excluding hydrogens is 298 g/mol. The molecule has 0 radical (unpaired) electrons. The van der Waals surface area contributed by atoms with Gasteiger partial charge in [0.1, 0.15) is 0 Å². The van der Waals surface area contributed by atoms with E-state index in [0.29, 0.717) is 5.92 Å². The number of nitrogens with zero attached hydrogens (tertiary/aromatic N) is 2. The van der Waals surface area contributed by atoms with Gasteiger partial charge in [-0.15, -0.1) is 0 Å². The van der Waals surface area contributed by atoms with Crippen LogP contribution in [0.1, 0.15) is 49.7 Å². The van der Waals surface area contributed by atoms with Crippen molar-refractivity contribution in [1.82, 2.24) is 10.2 Å². The largest absolute Gasteiger partial charge is 0.356 e. The molecule has 1 saturated carbocycles. The molecule has 24 heavy (non-hydrogen) atoms. The second-order valence-electron chi connectivity index (χ2n) is 7.28. The lowest BCUT2D eigenvalue weighted by molar-refractivity contribution is -0.126. The standard InChI is InChI=1S/C20H27N3O/c21-12-16-5-4-6-17(11-16)14-23-10-9-18(15-23)13-22-20(24)19-7-2-1-3-8-19/h4-6,11,18-19H,1-3,7-10,13-15H2,(H,22,24)/t18-/m0/s1. The molecular formula is C20H27N3O. The Hall–Kier alpha value is -1.86. The summed E-state index contributed by atoms with van der Waals surface area (Å²) in [6.45, 7) is 3.80. The summed E-state index contributed by atoms with van der Waals surface area (Å²) in [5, 5.41) is 12.2. The molecule has 1 atom stereocenters. The summed E-state index contributed by atoms with van der Waals surface area (Å²) in [6.07, 6.45) is 6.97. The molecule has 1 heterocycles. The van der Waals surface area contributed by atoms with Gasteiger partial charge in [-0.1, -0.05) is 31.4 Å². The van der Waals surface area contributed by atoms with Crippen LogP contribution >= 0.6 is 0 Å². The first-order valence-electron chi connectivity index (χ1n) is 9.23. The highest BCUT2D eigenvalue weighted by molar-refractivity contribution is 5.78. The molecule has 1 amide bonds. The van der Waals surface area contributed by atoms with Gasteiger partial charge in [-0.2, -0.15) is 5.26 Å². The van der Waals surface area contributed by atoms with Crippen LogP contribution in [0.4, 0.5) is 0 Å². The fraction of sp³-hybridized carbons (Fsp3) is 0.600. The molecule has 1 aliphatic carbocycles. The molecule has 4 heteroatoms. The van der Waals surface area contributed by atoms with Crippen molar-refractivity contribution in [2.75, 3.05) is 19.6 Å². The summed E-state index contributed by atoms with van der Waals surface area (Å²) in [7, 11) is 0. The van der Waals surface area contributed by atoms with Gasteiger partial charge in [0.2, 0.25) is 5.91 Å². The summed E-state index contributed by atoms with van der Waals surface area (Å²) in [6, 6.07) is 10.0. The topological polar surface area (TPSA) is 56.1 Å². The third-order valence-corrected chi connectivity index (χ3v) is 5.37. The van der Waals surface area contributed by atoms with Crippen molar-refractivity contribution < 1.29 is 4.79 Å². The predicted molar refractivity (Wildman–Crippen MR) is 94.1 cm³/mol. The van der Waals surface area contributed by atoms with Gasteiger partial charge >= 0.3 is 0 Å². The van der Waals surface area contributed by atoms with Crippen LogP contribution in [0.2, 0.25) is 0 Å². The minimum Gasteiger partial charge on any atom is -0.356 e. The molecule has 1 aliphatic heterocycles. The van der Waals surface area contributed by atoms with Crippen molar-refractivity contribution in [3.63, 3.8) is 0 Å². The summed E-state index contributed by atoms with van der Waals surface area (Å²) >= 11 is 0. The first-order chi connectivity index (χ1) is 11.7. The molecule has 128 valence electrons. The van der Waals surface area contributed by atoms with Gasteiger partial charge in [0.15, 0.2) is 0 Å². The van der Waals surface area contributed by atoms with Crippen LogP contribution in [-0.4, -0.2) is 30.4 Å². The van der Waals surface area contributed by atoms with Gasteiger partial charge in [0.05, 0.1) is 11.6 Å². The number of amides is 1. The molecule has 1 saturated heterocycles. The number of likely N-dealkylation sites (tertiary alicyclic amines) is 1. The van der Waals surface area contributed by atoms with Crippen LogP contribution in [0.3, 0.4) is 0 Å². The number of hydrogen-bond acceptors (Lipinski definition) is 3. The molecule has 1 N–H and O–H groups in total. The Bertz CT molecular complexity index is 601. The minimum atomic E-state index is 0.255. The van der Waals surface area contributed by atoms with Gasteiger partial charge in [0.25, 0.3) is 0 Å². The quantitative estimate of drug-likeness (QED) is 0.905. The van der Waals surface area contributed by atoms with Crippen molar-refractivity contribution in [3.05, 3.63) is 35.4 Å². The first-order valence-corrected chi connectivity index (χ1v) is 9.23. The molecule has 4 nitrogen and oxygen atoms in total. The highest BCUT2D eigenvalue weighted by Crippen LogP contribution is 2.24. The molecule has 0 bridgehead atoms. The third kappa shape index (κ3) is 4.58. The van der Waals surface area contributed by atoms with E-state index in [2.05, 4.69) is 22.4 Å². The van der Waals surface area contributed by atoms with Crippen molar-refractivity contribution in [3.8, 4) is 6.07 Å². The maximum atomic E-state index is 12.2. The summed E-state index contributed by atoms with van der Waals surface area (Å²) in [4.78, 5) is 14.7. The Morgan fingerprint density at radius 3 is 2.88 bits per heavy atom. The molecule has 2 fully saturated rings. The SMILES string of the molecule is N#Cc1cccc(CN2CC[C@@H](CNC(=O)C3CCCCC3)C2)c1. The average Bonchev–Trinajstić information content (AvgIpc) is 3.08. The lowest BCUT2D eigenvalue weighted by atomic mass is 9.88. The maximum Gasteiger partial charge on any atom is 0.223 e. The number of hydrogen-bond donors (Lipinski definition) is 1. The zero-order valence-electron chi connectivity index (χ0n) is 14.3. The highest BCUT2D eigenvalue weighted by Gasteiger charge is 2.25. The molecule has 0 unspecified atom stereocenters. The molecule has 1 aromatic carbocycles. The van der Waals surface area contributed by atoms with E-state index in [1.165, 1.54) is 24.8 Å². The Morgan fingerprint density at radius 1 is 1.25 bits per heavy atom. The zero-order chi connectivity index (χ0) is 16.8. The first kappa shape index (κ1) is 17.0. The van der Waals surface area contributed by atoms with Gasteiger partial charge < -0.3 is 5.32 Å². The lowest BCUT2D eigenvalue weighted by Crippen LogP contribution is -2.36. The third-order valence-electron chi connectivity index (χ3n) is 5.37. The Balaban J connectivity index is 1.42. The normalized spacial score (nSPS) is 22.2. The summed E-state index contributed by atoms with van der Waals surface area (Å²) < 4.78 is 0. The van der Waals surface area contributed by atoms with Crippen molar-refractivity contribution in [2.45, 2.75) is 45.1 Å². The minimum absolute atomic E-state index is 0.255. The van der Waals surface area contributed by atoms with Crippen LogP contribution in [0.15, 0.2) is 24.3 Å². The second-order valence-corrected chi connectivity index (χ2v) is 7.28. The van der Waals surface area contributed by atoms with Crippen molar-refractivity contribution in [2.24, 2.45) is 11.8 Å². The fourth-order valence-corrected chi connectivity index (χ4v) is 3.97. The van der Waals surface area contributed by atoms with Crippen LogP contribution < -0.4 is 5.32 Å². The van der Waals surface area contributed by atoms with Gasteiger partial charge in [-0.25, -0.2) is 0 Å². The highest BCUT2D eigenvalue weighted by atomic mass is 16.1. The zero-order valence-corrected chi connectivity index (χ0v) is 14.3. The number of nitriles is 1. The monoisotopic (exact) mass is 325 g/mol. The lowest BCUT2D eigenvalue weighted by Gasteiger charge is -2.22. The van der Waals surface area contributed by atoms with Crippen molar-refractivity contribution >= 4 is 5.91 Å². The number of benzene rings is 1. The number of nitrogens with one attached hydrogen (secondary N) is 1. The van der Waals surface area contributed by atoms with E-state index in [9.17, 15) is 4.79 Å². The van der Waals surface area contributed by atoms with Gasteiger partial charge in [0, 0.05) is 25.6 Å². The van der Waals surface area contributed by atoms with E-state index in [1.807, 2.05) is 18.2 Å². The maximum absolute atomic E-state index is 12.2. The number of carbonyl (C=O) groups is 1. The van der Waals surface area contributed by atoms with E-state index >= 15 is 0 Å². The van der Waals surface area contributed by atoms with E-state index in [-0.39, 0.29) is 11.8 Å². The van der Waals surface area contributed by atoms with Crippen LogP contribution in [-0.2, 0) is 11.3 Å². The molecule has 0 aromatic heterocycles. The van der Waals surface area contributed by atoms with Gasteiger partial charge in [-0.05, 0) is 49.4 Å². The molecule has 3 rings (SSSR count). The van der Waals surface area contributed by atoms with Crippen LogP contribution in [0, 0.1) is 23.2 Å². The van der Waals surface area contributed by atoms with Gasteiger partial charge in [-0.3, -0.25) is 9.69 Å². The second kappa shape index (κ2) is 8.30. The van der Waals surface area contributed by atoms with E-state index in [4.69, 9.17) is 5.26 Å². The van der Waals surface area contributed by atoms with Crippen LogP contribution in [0.25, 0.3) is 0 Å². The summed E-state index contributed by atoms with van der Waals surface area (Å²) in [5.74, 6) is 1.08. The van der Waals surface area contributed by atoms with Crippen LogP contribution in [0.5, 0.6) is 0 Å². The van der Waals surface area contributed by atoms with Crippen molar-refractivity contribution in [1.29, 1.82) is 5.26 Å². The smallest absolute Gasteiger partial charge is 0.223 e. The predicted octanol–water partition coefficient (Wildman–Crippen LogP) is 3.08. The molecule has 0 spiro atoms. The van der Waals surface area contributed by atoms with E-state index in [0.717, 1.165) is 51.0 Å². The van der Waals surface area contributed by atoms with E-state index < -0.39 is 0 Å². The number of carbonyl (C=O) groups excluding carboxylic acids is 1. The Kier molecular flexibility index (Phi) is 5.87. The number of rotatable bonds is 5.